The predicted octanol–water partition coefficient (Wildman–Crippen LogP) is 4.79. The molecule has 0 radical (unpaired) electrons. The number of imidazole rings is 1. The van der Waals surface area contributed by atoms with Crippen molar-refractivity contribution >= 4 is 50.3 Å². The van der Waals surface area contributed by atoms with Gasteiger partial charge in [0.2, 0.25) is 0 Å². The van der Waals surface area contributed by atoms with Crippen molar-refractivity contribution in [3.05, 3.63) is 28.2 Å². The molecule has 0 amide bonds. The first-order valence-corrected chi connectivity index (χ1v) is 9.18. The summed E-state index contributed by atoms with van der Waals surface area (Å²) in [5.74, 6) is 3.56. The van der Waals surface area contributed by atoms with E-state index in [1.165, 1.54) is 18.2 Å². The number of alkyl halides is 1. The summed E-state index contributed by atoms with van der Waals surface area (Å²) in [6.45, 7) is 0. The Morgan fingerprint density at radius 2 is 2.35 bits per heavy atom. The summed E-state index contributed by atoms with van der Waals surface area (Å²) in [5, 5.41) is 0. The molecule has 1 atom stereocenters. The largest absolute Gasteiger partial charge is 0.324 e. The Bertz CT molecular complexity index is 625. The van der Waals surface area contributed by atoms with Gasteiger partial charge in [-0.15, -0.1) is 11.6 Å². The number of halogens is 3. The van der Waals surface area contributed by atoms with Crippen LogP contribution in [0.3, 0.4) is 0 Å². The maximum Gasteiger partial charge on any atom is 0.139 e. The third-order valence-electron chi connectivity index (χ3n) is 3.62. The van der Waals surface area contributed by atoms with Gasteiger partial charge in [0.1, 0.15) is 11.6 Å². The highest BCUT2D eigenvalue weighted by Gasteiger charge is 2.22. The Kier molecular flexibility index (Phi) is 4.58. The van der Waals surface area contributed by atoms with E-state index in [1.807, 2.05) is 17.8 Å². The first kappa shape index (κ1) is 14.7. The minimum Gasteiger partial charge on any atom is -0.324 e. The van der Waals surface area contributed by atoms with Crippen LogP contribution < -0.4 is 0 Å². The molecule has 1 saturated heterocycles. The molecule has 1 aromatic heterocycles. The lowest BCUT2D eigenvalue weighted by atomic mass is 10.1. The normalized spacial score (nSPS) is 19.6. The van der Waals surface area contributed by atoms with Gasteiger partial charge >= 0.3 is 0 Å². The molecule has 1 fully saturated rings. The second-order valence-electron chi connectivity index (χ2n) is 4.96. The summed E-state index contributed by atoms with van der Waals surface area (Å²) in [4.78, 5) is 4.59. The van der Waals surface area contributed by atoms with Crippen LogP contribution in [0.25, 0.3) is 11.0 Å². The molecule has 0 aliphatic carbocycles. The Morgan fingerprint density at radius 3 is 3.05 bits per heavy atom. The second kappa shape index (κ2) is 6.24. The van der Waals surface area contributed by atoms with Gasteiger partial charge in [-0.3, -0.25) is 0 Å². The van der Waals surface area contributed by atoms with Crippen LogP contribution >= 0.6 is 39.3 Å². The van der Waals surface area contributed by atoms with Crippen LogP contribution in [0.15, 0.2) is 16.6 Å². The SMILES string of the molecule is Fc1cc2nc(CCCl)n(C3CCCSC3)c2cc1Br. The highest BCUT2D eigenvalue weighted by Crippen LogP contribution is 2.33. The van der Waals surface area contributed by atoms with Gasteiger partial charge in [0.15, 0.2) is 0 Å². The van der Waals surface area contributed by atoms with Crippen LogP contribution in [0, 0.1) is 5.82 Å². The number of benzene rings is 1. The average molecular weight is 378 g/mol. The minimum atomic E-state index is -0.266. The monoisotopic (exact) mass is 376 g/mol. The Morgan fingerprint density at radius 1 is 1.50 bits per heavy atom. The van der Waals surface area contributed by atoms with Crippen molar-refractivity contribution in [1.82, 2.24) is 9.55 Å². The zero-order valence-electron chi connectivity index (χ0n) is 10.9. The summed E-state index contributed by atoms with van der Waals surface area (Å²) in [7, 11) is 0. The van der Waals surface area contributed by atoms with E-state index >= 15 is 0 Å². The van der Waals surface area contributed by atoms with E-state index in [-0.39, 0.29) is 5.82 Å². The highest BCUT2D eigenvalue weighted by atomic mass is 79.9. The lowest BCUT2D eigenvalue weighted by Crippen LogP contribution is -2.18. The molecule has 1 aliphatic rings. The summed E-state index contributed by atoms with van der Waals surface area (Å²) < 4.78 is 16.5. The maximum absolute atomic E-state index is 13.7. The van der Waals surface area contributed by atoms with Gasteiger partial charge in [0.25, 0.3) is 0 Å². The smallest absolute Gasteiger partial charge is 0.139 e. The number of aromatic nitrogens is 2. The molecule has 2 aromatic rings. The summed E-state index contributed by atoms with van der Waals surface area (Å²) >= 11 is 11.1. The van der Waals surface area contributed by atoms with E-state index in [2.05, 4.69) is 25.5 Å². The summed E-state index contributed by atoms with van der Waals surface area (Å²) in [6, 6.07) is 3.78. The molecular formula is C14H15BrClFN2S. The van der Waals surface area contributed by atoms with Crippen LogP contribution in [0.2, 0.25) is 0 Å². The summed E-state index contributed by atoms with van der Waals surface area (Å²) in [6.07, 6.45) is 3.09. The van der Waals surface area contributed by atoms with E-state index < -0.39 is 0 Å². The lowest BCUT2D eigenvalue weighted by molar-refractivity contribution is 0.495. The zero-order valence-corrected chi connectivity index (χ0v) is 14.1. The van der Waals surface area contributed by atoms with Gasteiger partial charge in [-0.1, -0.05) is 0 Å². The number of thioether (sulfide) groups is 1. The van der Waals surface area contributed by atoms with Gasteiger partial charge < -0.3 is 4.57 Å². The van der Waals surface area contributed by atoms with Crippen molar-refractivity contribution in [3.63, 3.8) is 0 Å². The van der Waals surface area contributed by atoms with Crippen molar-refractivity contribution in [3.8, 4) is 0 Å². The number of nitrogens with zero attached hydrogens (tertiary/aromatic N) is 2. The third kappa shape index (κ3) is 2.72. The van der Waals surface area contributed by atoms with Crippen LogP contribution in [0.4, 0.5) is 4.39 Å². The molecule has 1 unspecified atom stereocenters. The van der Waals surface area contributed by atoms with E-state index in [0.29, 0.717) is 16.4 Å². The Hall–Kier alpha value is -0.260. The van der Waals surface area contributed by atoms with E-state index in [4.69, 9.17) is 11.6 Å². The number of aryl methyl sites for hydroxylation is 1. The molecule has 0 N–H and O–H groups in total. The number of fused-ring (bicyclic) bond motifs is 1. The van der Waals surface area contributed by atoms with Gasteiger partial charge in [0, 0.05) is 30.2 Å². The second-order valence-corrected chi connectivity index (χ2v) is 7.35. The molecule has 6 heteroatoms. The molecule has 0 bridgehead atoms. The Balaban J connectivity index is 2.14. The maximum atomic E-state index is 13.7. The molecule has 20 heavy (non-hydrogen) atoms. The van der Waals surface area contributed by atoms with Crippen LogP contribution in [0.5, 0.6) is 0 Å². The molecule has 3 rings (SSSR count). The summed E-state index contributed by atoms with van der Waals surface area (Å²) in [5.41, 5.74) is 1.73. The van der Waals surface area contributed by atoms with Crippen molar-refractivity contribution in [2.24, 2.45) is 0 Å². The van der Waals surface area contributed by atoms with E-state index in [1.54, 1.807) is 0 Å². The standard InChI is InChI=1S/C14H15BrClFN2S/c15-10-6-13-12(7-11(10)17)18-14(3-4-16)19(13)9-2-1-5-20-8-9/h6-7,9H,1-5,8H2. The van der Waals surface area contributed by atoms with Crippen molar-refractivity contribution in [2.45, 2.75) is 25.3 Å². The third-order valence-corrected chi connectivity index (χ3v) is 5.62. The van der Waals surface area contributed by atoms with Crippen LogP contribution in [-0.2, 0) is 6.42 Å². The molecule has 0 spiro atoms. The number of hydrogen-bond acceptors (Lipinski definition) is 2. The van der Waals surface area contributed by atoms with Gasteiger partial charge in [-0.2, -0.15) is 11.8 Å². The topological polar surface area (TPSA) is 17.8 Å². The quantitative estimate of drug-likeness (QED) is 0.716. The number of hydrogen-bond donors (Lipinski definition) is 0. The minimum absolute atomic E-state index is 0.266. The molecule has 0 saturated carbocycles. The highest BCUT2D eigenvalue weighted by molar-refractivity contribution is 9.10. The lowest BCUT2D eigenvalue weighted by Gasteiger charge is -2.25. The van der Waals surface area contributed by atoms with Gasteiger partial charge in [0.05, 0.1) is 15.5 Å². The van der Waals surface area contributed by atoms with Crippen molar-refractivity contribution < 1.29 is 4.39 Å². The molecule has 1 aliphatic heterocycles. The molecule has 2 nitrogen and oxygen atoms in total. The fourth-order valence-corrected chi connectivity index (χ4v) is 4.36. The molecule has 2 heterocycles. The van der Waals surface area contributed by atoms with Crippen LogP contribution in [-0.4, -0.2) is 26.9 Å². The fraction of sp³-hybridized carbons (Fsp3) is 0.500. The first-order valence-electron chi connectivity index (χ1n) is 6.70. The fourth-order valence-electron chi connectivity index (χ4n) is 2.74. The average Bonchev–Trinajstić information content (AvgIpc) is 2.78. The van der Waals surface area contributed by atoms with E-state index in [9.17, 15) is 4.39 Å². The molecule has 108 valence electrons. The van der Waals surface area contributed by atoms with E-state index in [0.717, 1.165) is 35.5 Å². The molecular weight excluding hydrogens is 363 g/mol. The zero-order chi connectivity index (χ0) is 14.1. The van der Waals surface area contributed by atoms with Crippen molar-refractivity contribution in [1.29, 1.82) is 0 Å². The van der Waals surface area contributed by atoms with Gasteiger partial charge in [-0.05, 0) is 40.6 Å². The predicted molar refractivity (Wildman–Crippen MR) is 87.4 cm³/mol. The van der Waals surface area contributed by atoms with Gasteiger partial charge in [-0.25, -0.2) is 9.37 Å². The van der Waals surface area contributed by atoms with Crippen molar-refractivity contribution in [2.75, 3.05) is 17.4 Å². The first-order chi connectivity index (χ1) is 9.70. The number of rotatable bonds is 3. The molecule has 1 aromatic carbocycles. The van der Waals surface area contributed by atoms with Crippen LogP contribution in [0.1, 0.15) is 24.7 Å². The Labute approximate surface area is 135 Å².